The molecule has 0 aliphatic rings. The molecule has 0 bridgehead atoms. The second-order valence-corrected chi connectivity index (χ2v) is 3.67. The van der Waals surface area contributed by atoms with Crippen LogP contribution in [-0.2, 0) is 0 Å². The zero-order chi connectivity index (χ0) is 11.3. The molecule has 0 aliphatic heterocycles. The molecule has 3 heteroatoms. The summed E-state index contributed by atoms with van der Waals surface area (Å²) >= 11 is 0. The van der Waals surface area contributed by atoms with E-state index in [1.807, 2.05) is 0 Å². The molecule has 0 heterocycles. The fourth-order valence-electron chi connectivity index (χ4n) is 1.51. The van der Waals surface area contributed by atoms with Gasteiger partial charge in [-0.05, 0) is 24.1 Å². The normalized spacial score (nSPS) is 12.5. The van der Waals surface area contributed by atoms with Crippen LogP contribution in [0.25, 0.3) is 0 Å². The van der Waals surface area contributed by atoms with E-state index in [9.17, 15) is 4.39 Å². The van der Waals surface area contributed by atoms with Crippen LogP contribution < -0.4 is 10.5 Å². The molecule has 0 aromatic heterocycles. The highest BCUT2D eigenvalue weighted by molar-refractivity contribution is 5.31. The average molecular weight is 211 g/mol. The van der Waals surface area contributed by atoms with Crippen LogP contribution in [0.3, 0.4) is 0 Å². The standard InChI is InChI=1S/C12H18FNO/c1-3-4-5-12(14)9-6-10(13)8-11(7-9)15-2/h6-8,12H,3-5,14H2,1-2H3/t12-/m1/s1. The molecule has 2 nitrogen and oxygen atoms in total. The maximum atomic E-state index is 13.2. The van der Waals surface area contributed by atoms with Crippen LogP contribution in [0.4, 0.5) is 4.39 Å². The highest BCUT2D eigenvalue weighted by atomic mass is 19.1. The van der Waals surface area contributed by atoms with Gasteiger partial charge in [0.2, 0.25) is 0 Å². The molecule has 1 rings (SSSR count). The lowest BCUT2D eigenvalue weighted by Crippen LogP contribution is -2.10. The number of hydrogen-bond acceptors (Lipinski definition) is 2. The zero-order valence-corrected chi connectivity index (χ0v) is 9.29. The monoisotopic (exact) mass is 211 g/mol. The minimum atomic E-state index is -0.295. The van der Waals surface area contributed by atoms with Gasteiger partial charge in [0.25, 0.3) is 0 Å². The molecule has 1 aromatic rings. The summed E-state index contributed by atoms with van der Waals surface area (Å²) in [6.45, 7) is 2.11. The van der Waals surface area contributed by atoms with Crippen LogP contribution in [0.15, 0.2) is 18.2 Å². The molecular formula is C12H18FNO. The Morgan fingerprint density at radius 1 is 1.40 bits per heavy atom. The zero-order valence-electron chi connectivity index (χ0n) is 9.29. The van der Waals surface area contributed by atoms with Crippen molar-refractivity contribution in [2.45, 2.75) is 32.2 Å². The molecule has 1 atom stereocenters. The van der Waals surface area contributed by atoms with E-state index in [1.54, 1.807) is 6.07 Å². The highest BCUT2D eigenvalue weighted by Crippen LogP contribution is 2.23. The van der Waals surface area contributed by atoms with Crippen molar-refractivity contribution < 1.29 is 9.13 Å². The van der Waals surface area contributed by atoms with Crippen LogP contribution in [-0.4, -0.2) is 7.11 Å². The number of nitrogens with two attached hydrogens (primary N) is 1. The Hall–Kier alpha value is -1.09. The van der Waals surface area contributed by atoms with Gasteiger partial charge < -0.3 is 10.5 Å². The van der Waals surface area contributed by atoms with Gasteiger partial charge in [-0.2, -0.15) is 0 Å². The summed E-state index contributed by atoms with van der Waals surface area (Å²) in [6.07, 6.45) is 3.03. The Kier molecular flexibility index (Phi) is 4.56. The summed E-state index contributed by atoms with van der Waals surface area (Å²) in [5.74, 6) is 0.230. The molecule has 0 spiro atoms. The fraction of sp³-hybridized carbons (Fsp3) is 0.500. The molecular weight excluding hydrogens is 193 g/mol. The Bertz CT molecular complexity index is 314. The minimum absolute atomic E-state index is 0.102. The van der Waals surface area contributed by atoms with E-state index < -0.39 is 0 Å². The average Bonchev–Trinajstić information content (AvgIpc) is 2.24. The van der Waals surface area contributed by atoms with Gasteiger partial charge in [0, 0.05) is 12.1 Å². The van der Waals surface area contributed by atoms with E-state index in [2.05, 4.69) is 6.92 Å². The number of benzene rings is 1. The summed E-state index contributed by atoms with van der Waals surface area (Å²) in [5.41, 5.74) is 6.76. The second-order valence-electron chi connectivity index (χ2n) is 3.67. The van der Waals surface area contributed by atoms with Crippen molar-refractivity contribution in [1.82, 2.24) is 0 Å². The molecule has 0 fully saturated rings. The van der Waals surface area contributed by atoms with Gasteiger partial charge in [-0.25, -0.2) is 4.39 Å². The van der Waals surface area contributed by atoms with Gasteiger partial charge >= 0.3 is 0 Å². The van der Waals surface area contributed by atoms with Crippen LogP contribution in [0.2, 0.25) is 0 Å². The van der Waals surface area contributed by atoms with Crippen LogP contribution in [0.5, 0.6) is 5.75 Å². The molecule has 2 N–H and O–H groups in total. The molecule has 15 heavy (non-hydrogen) atoms. The molecule has 0 unspecified atom stereocenters. The lowest BCUT2D eigenvalue weighted by Gasteiger charge is -2.12. The lowest BCUT2D eigenvalue weighted by molar-refractivity contribution is 0.409. The topological polar surface area (TPSA) is 35.2 Å². The predicted molar refractivity (Wildman–Crippen MR) is 59.4 cm³/mol. The van der Waals surface area contributed by atoms with Crippen molar-refractivity contribution in [2.75, 3.05) is 7.11 Å². The molecule has 84 valence electrons. The van der Waals surface area contributed by atoms with Gasteiger partial charge in [0.15, 0.2) is 0 Å². The van der Waals surface area contributed by atoms with Crippen molar-refractivity contribution >= 4 is 0 Å². The Morgan fingerprint density at radius 3 is 2.73 bits per heavy atom. The van der Waals surface area contributed by atoms with Crippen molar-refractivity contribution in [2.24, 2.45) is 5.73 Å². The van der Waals surface area contributed by atoms with Gasteiger partial charge in [-0.1, -0.05) is 19.8 Å². The number of rotatable bonds is 5. The minimum Gasteiger partial charge on any atom is -0.497 e. The summed E-state index contributed by atoms with van der Waals surface area (Å²) in [7, 11) is 1.52. The predicted octanol–water partition coefficient (Wildman–Crippen LogP) is 3.02. The van der Waals surface area contributed by atoms with Crippen LogP contribution in [0.1, 0.15) is 37.8 Å². The number of halogens is 1. The van der Waals surface area contributed by atoms with Gasteiger partial charge in [-0.15, -0.1) is 0 Å². The van der Waals surface area contributed by atoms with E-state index in [0.717, 1.165) is 24.8 Å². The quantitative estimate of drug-likeness (QED) is 0.812. The first kappa shape index (κ1) is 12.0. The molecule has 0 aliphatic carbocycles. The SMILES string of the molecule is CCCC[C@@H](N)c1cc(F)cc(OC)c1. The Morgan fingerprint density at radius 2 is 2.13 bits per heavy atom. The van der Waals surface area contributed by atoms with E-state index in [4.69, 9.17) is 10.5 Å². The summed E-state index contributed by atoms with van der Waals surface area (Å²) < 4.78 is 18.2. The van der Waals surface area contributed by atoms with E-state index in [0.29, 0.717) is 5.75 Å². The van der Waals surface area contributed by atoms with Gasteiger partial charge in [0.1, 0.15) is 11.6 Å². The maximum Gasteiger partial charge on any atom is 0.127 e. The smallest absolute Gasteiger partial charge is 0.127 e. The van der Waals surface area contributed by atoms with Crippen molar-refractivity contribution in [3.05, 3.63) is 29.6 Å². The first-order valence-corrected chi connectivity index (χ1v) is 5.27. The lowest BCUT2D eigenvalue weighted by atomic mass is 10.0. The summed E-state index contributed by atoms with van der Waals surface area (Å²) in [5, 5.41) is 0. The third-order valence-corrected chi connectivity index (χ3v) is 2.43. The third-order valence-electron chi connectivity index (χ3n) is 2.43. The van der Waals surface area contributed by atoms with Crippen molar-refractivity contribution in [3.8, 4) is 5.75 Å². The molecule has 0 radical (unpaired) electrons. The Balaban J connectivity index is 2.78. The number of ether oxygens (including phenoxy) is 1. The van der Waals surface area contributed by atoms with Crippen LogP contribution in [0, 0.1) is 5.82 Å². The van der Waals surface area contributed by atoms with Crippen LogP contribution >= 0.6 is 0 Å². The van der Waals surface area contributed by atoms with E-state index in [1.165, 1.54) is 19.2 Å². The highest BCUT2D eigenvalue weighted by Gasteiger charge is 2.08. The number of unbranched alkanes of at least 4 members (excludes halogenated alkanes) is 1. The molecule has 0 saturated heterocycles. The fourth-order valence-corrected chi connectivity index (χ4v) is 1.51. The van der Waals surface area contributed by atoms with E-state index >= 15 is 0 Å². The molecule has 0 saturated carbocycles. The maximum absolute atomic E-state index is 13.2. The van der Waals surface area contributed by atoms with Gasteiger partial charge in [-0.3, -0.25) is 0 Å². The molecule has 1 aromatic carbocycles. The first-order valence-electron chi connectivity index (χ1n) is 5.27. The summed E-state index contributed by atoms with van der Waals surface area (Å²) in [4.78, 5) is 0. The van der Waals surface area contributed by atoms with Crippen molar-refractivity contribution in [1.29, 1.82) is 0 Å². The second kappa shape index (κ2) is 5.71. The number of methoxy groups -OCH3 is 1. The van der Waals surface area contributed by atoms with Crippen molar-refractivity contribution in [3.63, 3.8) is 0 Å². The third kappa shape index (κ3) is 3.51. The Labute approximate surface area is 90.2 Å². The number of hydrogen-bond donors (Lipinski definition) is 1. The summed E-state index contributed by atoms with van der Waals surface area (Å²) in [6, 6.07) is 4.53. The van der Waals surface area contributed by atoms with Gasteiger partial charge in [0.05, 0.1) is 7.11 Å². The van der Waals surface area contributed by atoms with E-state index in [-0.39, 0.29) is 11.9 Å². The molecule has 0 amide bonds. The first-order chi connectivity index (χ1) is 7.17. The largest absolute Gasteiger partial charge is 0.497 e.